The van der Waals surface area contributed by atoms with E-state index < -0.39 is 18.9 Å². The lowest BCUT2D eigenvalue weighted by molar-refractivity contribution is 0.0691. The van der Waals surface area contributed by atoms with E-state index in [2.05, 4.69) is 9.97 Å². The molecule has 2 aromatic heterocycles. The number of carbonyl (C=O) groups is 1. The first-order chi connectivity index (χ1) is 7.99. The molecule has 0 aromatic carbocycles. The SMILES string of the molecule is Nc1nc2c(ccn2CC(F)F)nc1C(=O)O. The van der Waals surface area contributed by atoms with E-state index >= 15 is 0 Å². The van der Waals surface area contributed by atoms with Crippen LogP contribution in [-0.2, 0) is 6.54 Å². The molecule has 2 rings (SSSR count). The summed E-state index contributed by atoms with van der Waals surface area (Å²) in [5.74, 6) is -1.60. The van der Waals surface area contributed by atoms with Crippen LogP contribution in [0, 0.1) is 0 Å². The second kappa shape index (κ2) is 3.96. The molecule has 0 radical (unpaired) electrons. The molecule has 0 unspecified atom stereocenters. The van der Waals surface area contributed by atoms with Gasteiger partial charge in [0, 0.05) is 6.20 Å². The molecule has 2 aromatic rings. The fourth-order valence-electron chi connectivity index (χ4n) is 1.46. The summed E-state index contributed by atoms with van der Waals surface area (Å²) in [5, 5.41) is 8.77. The van der Waals surface area contributed by atoms with Crippen molar-refractivity contribution in [1.82, 2.24) is 14.5 Å². The quantitative estimate of drug-likeness (QED) is 0.836. The standard InChI is InChI=1S/C9H8F2N4O2/c10-5(11)3-15-2-1-4-8(15)14-7(12)6(13-4)9(16)17/h1-2,5H,3H2,(H2,12,14)(H,16,17). The molecule has 2 heterocycles. The van der Waals surface area contributed by atoms with Crippen molar-refractivity contribution in [2.75, 3.05) is 5.73 Å². The predicted octanol–water partition coefficient (Wildman–Crippen LogP) is 0.977. The maximum atomic E-state index is 12.2. The molecule has 0 aliphatic carbocycles. The van der Waals surface area contributed by atoms with Crippen molar-refractivity contribution in [2.45, 2.75) is 13.0 Å². The van der Waals surface area contributed by atoms with Crippen LogP contribution in [0.2, 0.25) is 0 Å². The second-order valence-electron chi connectivity index (χ2n) is 3.33. The van der Waals surface area contributed by atoms with Gasteiger partial charge in [0.1, 0.15) is 5.52 Å². The van der Waals surface area contributed by atoms with Crippen molar-refractivity contribution >= 4 is 23.0 Å². The molecule has 3 N–H and O–H groups in total. The number of nitrogens with zero attached hydrogens (tertiary/aromatic N) is 3. The summed E-state index contributed by atoms with van der Waals surface area (Å²) < 4.78 is 25.7. The molecule has 0 saturated carbocycles. The van der Waals surface area contributed by atoms with Crippen LogP contribution in [0.15, 0.2) is 12.3 Å². The van der Waals surface area contributed by atoms with Gasteiger partial charge in [0.15, 0.2) is 17.2 Å². The van der Waals surface area contributed by atoms with Crippen molar-refractivity contribution < 1.29 is 18.7 Å². The Hall–Kier alpha value is -2.25. The number of fused-ring (bicyclic) bond motifs is 1. The highest BCUT2D eigenvalue weighted by atomic mass is 19.3. The topological polar surface area (TPSA) is 94.0 Å². The molecular formula is C9H8F2N4O2. The van der Waals surface area contributed by atoms with Gasteiger partial charge >= 0.3 is 5.97 Å². The molecule has 8 heteroatoms. The van der Waals surface area contributed by atoms with E-state index in [1.807, 2.05) is 0 Å². The summed E-state index contributed by atoms with van der Waals surface area (Å²) in [6.45, 7) is -0.538. The Kier molecular flexibility index (Phi) is 2.62. The lowest BCUT2D eigenvalue weighted by atomic mass is 10.4. The summed E-state index contributed by atoms with van der Waals surface area (Å²) >= 11 is 0. The molecule has 90 valence electrons. The number of hydrogen-bond donors (Lipinski definition) is 2. The monoisotopic (exact) mass is 242 g/mol. The Balaban J connectivity index is 2.56. The fourth-order valence-corrected chi connectivity index (χ4v) is 1.46. The number of carboxylic acid groups (broad SMARTS) is 1. The zero-order valence-corrected chi connectivity index (χ0v) is 8.47. The number of halogens is 2. The highest BCUT2D eigenvalue weighted by Crippen LogP contribution is 2.17. The first-order valence-corrected chi connectivity index (χ1v) is 4.63. The maximum absolute atomic E-state index is 12.2. The third-order valence-electron chi connectivity index (χ3n) is 2.15. The first kappa shape index (κ1) is 11.2. The smallest absolute Gasteiger partial charge is 0.358 e. The lowest BCUT2D eigenvalue weighted by Gasteiger charge is -2.04. The predicted molar refractivity (Wildman–Crippen MR) is 54.9 cm³/mol. The highest BCUT2D eigenvalue weighted by Gasteiger charge is 2.16. The molecule has 0 aliphatic rings. The molecule has 0 fully saturated rings. The molecule has 0 saturated heterocycles. The van der Waals surface area contributed by atoms with E-state index in [-0.39, 0.29) is 22.7 Å². The van der Waals surface area contributed by atoms with E-state index in [0.29, 0.717) is 0 Å². The van der Waals surface area contributed by atoms with Gasteiger partial charge in [0.25, 0.3) is 6.43 Å². The minimum Gasteiger partial charge on any atom is -0.476 e. The minimum atomic E-state index is -2.53. The lowest BCUT2D eigenvalue weighted by Crippen LogP contribution is -2.10. The Bertz CT molecular complexity index is 582. The summed E-state index contributed by atoms with van der Waals surface area (Å²) in [6.07, 6.45) is -1.17. The molecule has 0 spiro atoms. The number of rotatable bonds is 3. The van der Waals surface area contributed by atoms with Gasteiger partial charge in [-0.3, -0.25) is 0 Å². The number of alkyl halides is 2. The number of aromatic nitrogens is 3. The van der Waals surface area contributed by atoms with Crippen LogP contribution < -0.4 is 5.73 Å². The highest BCUT2D eigenvalue weighted by molar-refractivity contribution is 5.92. The van der Waals surface area contributed by atoms with Gasteiger partial charge in [0.2, 0.25) is 0 Å². The zero-order valence-electron chi connectivity index (χ0n) is 8.47. The number of carboxylic acids is 1. The number of hydrogen-bond acceptors (Lipinski definition) is 4. The number of nitrogens with two attached hydrogens (primary N) is 1. The van der Waals surface area contributed by atoms with Crippen LogP contribution in [-0.4, -0.2) is 32.0 Å². The van der Waals surface area contributed by atoms with Crippen LogP contribution >= 0.6 is 0 Å². The van der Waals surface area contributed by atoms with Gasteiger partial charge in [-0.15, -0.1) is 0 Å². The Morgan fingerprint density at radius 3 is 2.82 bits per heavy atom. The van der Waals surface area contributed by atoms with Crippen molar-refractivity contribution in [3.63, 3.8) is 0 Å². The van der Waals surface area contributed by atoms with Crippen LogP contribution in [0.25, 0.3) is 11.2 Å². The van der Waals surface area contributed by atoms with Crippen molar-refractivity contribution in [3.05, 3.63) is 18.0 Å². The molecule has 0 amide bonds. The normalized spacial score (nSPS) is 11.2. The largest absolute Gasteiger partial charge is 0.476 e. The van der Waals surface area contributed by atoms with E-state index in [4.69, 9.17) is 10.8 Å². The van der Waals surface area contributed by atoms with Crippen LogP contribution in [0.5, 0.6) is 0 Å². The molecule has 0 atom stereocenters. The Morgan fingerprint density at radius 1 is 1.53 bits per heavy atom. The van der Waals surface area contributed by atoms with Crippen molar-refractivity contribution in [1.29, 1.82) is 0 Å². The molecule has 6 nitrogen and oxygen atoms in total. The summed E-state index contributed by atoms with van der Waals surface area (Å²) in [6, 6.07) is 1.41. The van der Waals surface area contributed by atoms with Gasteiger partial charge in [-0.1, -0.05) is 0 Å². The first-order valence-electron chi connectivity index (χ1n) is 4.63. The molecule has 0 aliphatic heterocycles. The second-order valence-corrected chi connectivity index (χ2v) is 3.33. The van der Waals surface area contributed by atoms with Gasteiger partial charge in [0.05, 0.1) is 6.54 Å². The molecular weight excluding hydrogens is 234 g/mol. The number of anilines is 1. The Morgan fingerprint density at radius 2 is 2.24 bits per heavy atom. The van der Waals surface area contributed by atoms with Crippen LogP contribution in [0.3, 0.4) is 0 Å². The van der Waals surface area contributed by atoms with E-state index in [9.17, 15) is 13.6 Å². The molecule has 17 heavy (non-hydrogen) atoms. The third-order valence-corrected chi connectivity index (χ3v) is 2.15. The Labute approximate surface area is 93.7 Å². The van der Waals surface area contributed by atoms with Gasteiger partial charge in [-0.2, -0.15) is 0 Å². The zero-order chi connectivity index (χ0) is 12.6. The van der Waals surface area contributed by atoms with Crippen molar-refractivity contribution in [2.24, 2.45) is 0 Å². The van der Waals surface area contributed by atoms with E-state index in [0.717, 1.165) is 0 Å². The van der Waals surface area contributed by atoms with Gasteiger partial charge in [-0.25, -0.2) is 23.5 Å². The van der Waals surface area contributed by atoms with Gasteiger partial charge < -0.3 is 15.4 Å². The van der Waals surface area contributed by atoms with Crippen molar-refractivity contribution in [3.8, 4) is 0 Å². The summed E-state index contributed by atoms with van der Waals surface area (Å²) in [7, 11) is 0. The summed E-state index contributed by atoms with van der Waals surface area (Å²) in [5.41, 5.74) is 5.37. The minimum absolute atomic E-state index is 0.146. The van der Waals surface area contributed by atoms with E-state index in [1.165, 1.54) is 16.8 Å². The summed E-state index contributed by atoms with van der Waals surface area (Å²) in [4.78, 5) is 18.3. The maximum Gasteiger partial charge on any atom is 0.358 e. The molecule has 0 bridgehead atoms. The van der Waals surface area contributed by atoms with Crippen LogP contribution in [0.4, 0.5) is 14.6 Å². The third kappa shape index (κ3) is 2.01. The fraction of sp³-hybridized carbons (Fsp3) is 0.222. The average Bonchev–Trinajstić information content (AvgIpc) is 2.59. The average molecular weight is 242 g/mol. The number of nitrogen functional groups attached to an aromatic ring is 1. The van der Waals surface area contributed by atoms with E-state index in [1.54, 1.807) is 0 Å². The van der Waals surface area contributed by atoms with Gasteiger partial charge in [-0.05, 0) is 6.07 Å². The van der Waals surface area contributed by atoms with Crippen LogP contribution in [0.1, 0.15) is 10.5 Å². The number of aromatic carboxylic acids is 1.